The Balaban J connectivity index is 2.74. The van der Waals surface area contributed by atoms with Gasteiger partial charge in [-0.25, -0.2) is 9.78 Å². The van der Waals surface area contributed by atoms with E-state index >= 15 is 0 Å². The molecule has 0 aliphatic carbocycles. The van der Waals surface area contributed by atoms with Gasteiger partial charge in [-0.2, -0.15) is 11.8 Å². The topological polar surface area (TPSA) is 55.1 Å². The number of carbonyl (C=O) groups is 1. The molecule has 1 heterocycles. The van der Waals surface area contributed by atoms with E-state index in [1.807, 2.05) is 0 Å². The summed E-state index contributed by atoms with van der Waals surface area (Å²) in [6.07, 6.45) is 1.40. The molecule has 0 amide bonds. The van der Waals surface area contributed by atoms with Gasteiger partial charge in [0.25, 0.3) is 0 Å². The van der Waals surface area contributed by atoms with Crippen molar-refractivity contribution in [1.82, 2.24) is 9.55 Å². The third-order valence-corrected chi connectivity index (χ3v) is 2.94. The first-order chi connectivity index (χ1) is 6.52. The smallest absolute Gasteiger partial charge is 0.354 e. The highest BCUT2D eigenvalue weighted by atomic mass is 32.2. The fourth-order valence-electron chi connectivity index (χ4n) is 1.02. The summed E-state index contributed by atoms with van der Waals surface area (Å²) in [5.41, 5.74) is 0.240. The van der Waals surface area contributed by atoms with Gasteiger partial charge in [-0.3, -0.25) is 0 Å². The molecule has 78 valence electrons. The number of carboxylic acid groups (broad SMARTS) is 1. The second-order valence-corrected chi connectivity index (χ2v) is 4.85. The first-order valence-electron chi connectivity index (χ1n) is 4.38. The summed E-state index contributed by atoms with van der Waals surface area (Å²) < 4.78 is 1.62. The molecule has 1 rings (SSSR count). The predicted octanol–water partition coefficient (Wildman–Crippen LogP) is 1.76. The van der Waals surface area contributed by atoms with E-state index in [2.05, 4.69) is 18.8 Å². The second-order valence-electron chi connectivity index (χ2n) is 3.28. The summed E-state index contributed by atoms with van der Waals surface area (Å²) >= 11 is 1.75. The summed E-state index contributed by atoms with van der Waals surface area (Å²) in [7, 11) is 1.73. The van der Waals surface area contributed by atoms with Crippen LogP contribution in [0.25, 0.3) is 0 Å². The number of aromatic carboxylic acids is 1. The average molecular weight is 214 g/mol. The fraction of sp³-hybridized carbons (Fsp3) is 0.556. The summed E-state index contributed by atoms with van der Waals surface area (Å²) in [6, 6.07) is 0. The van der Waals surface area contributed by atoms with Gasteiger partial charge in [0, 0.05) is 7.05 Å². The first-order valence-corrected chi connectivity index (χ1v) is 5.42. The lowest BCUT2D eigenvalue weighted by molar-refractivity contribution is 0.0686. The van der Waals surface area contributed by atoms with Crippen LogP contribution in [0.5, 0.6) is 0 Å². The molecular weight excluding hydrogens is 200 g/mol. The molecule has 0 spiro atoms. The Morgan fingerprint density at radius 3 is 2.79 bits per heavy atom. The van der Waals surface area contributed by atoms with Crippen LogP contribution in [0.1, 0.15) is 30.2 Å². The van der Waals surface area contributed by atoms with Crippen molar-refractivity contribution < 1.29 is 9.90 Å². The molecule has 0 aliphatic rings. The van der Waals surface area contributed by atoms with Crippen molar-refractivity contribution in [3.8, 4) is 0 Å². The number of thioether (sulfide) groups is 1. The molecule has 0 atom stereocenters. The van der Waals surface area contributed by atoms with Crippen molar-refractivity contribution in [3.05, 3.63) is 17.7 Å². The van der Waals surface area contributed by atoms with Crippen molar-refractivity contribution in [2.75, 3.05) is 0 Å². The zero-order valence-corrected chi connectivity index (χ0v) is 9.34. The Bertz CT molecular complexity index is 334. The van der Waals surface area contributed by atoms with Crippen LogP contribution >= 0.6 is 11.8 Å². The lowest BCUT2D eigenvalue weighted by atomic mass is 10.5. The standard InChI is InChI=1S/C9H14N2O2S/c1-6(2)14-5-8-10-4-7(9(12)13)11(8)3/h4,6H,5H2,1-3H3,(H,12,13). The van der Waals surface area contributed by atoms with Gasteiger partial charge in [-0.15, -0.1) is 0 Å². The van der Waals surface area contributed by atoms with E-state index in [9.17, 15) is 4.79 Å². The largest absolute Gasteiger partial charge is 0.477 e. The van der Waals surface area contributed by atoms with Gasteiger partial charge in [0.05, 0.1) is 11.9 Å². The van der Waals surface area contributed by atoms with E-state index in [1.54, 1.807) is 23.4 Å². The molecule has 0 bridgehead atoms. The maximum atomic E-state index is 10.7. The van der Waals surface area contributed by atoms with Crippen LogP contribution in [0, 0.1) is 0 Å². The lowest BCUT2D eigenvalue weighted by Crippen LogP contribution is -2.06. The quantitative estimate of drug-likeness (QED) is 0.829. The Kier molecular flexibility index (Phi) is 3.57. The van der Waals surface area contributed by atoms with Gasteiger partial charge in [-0.05, 0) is 5.25 Å². The van der Waals surface area contributed by atoms with E-state index in [1.165, 1.54) is 6.20 Å². The summed E-state index contributed by atoms with van der Waals surface area (Å²) in [4.78, 5) is 14.8. The van der Waals surface area contributed by atoms with Crippen LogP contribution < -0.4 is 0 Å². The number of imidazole rings is 1. The number of carboxylic acids is 1. The van der Waals surface area contributed by atoms with Gasteiger partial charge < -0.3 is 9.67 Å². The maximum absolute atomic E-state index is 10.7. The lowest BCUT2D eigenvalue weighted by Gasteiger charge is -2.05. The molecule has 0 radical (unpaired) electrons. The van der Waals surface area contributed by atoms with Gasteiger partial charge in [-0.1, -0.05) is 13.8 Å². The first kappa shape index (κ1) is 11.1. The molecule has 0 unspecified atom stereocenters. The highest BCUT2D eigenvalue weighted by Crippen LogP contribution is 2.16. The maximum Gasteiger partial charge on any atom is 0.354 e. The van der Waals surface area contributed by atoms with E-state index in [0.717, 1.165) is 11.6 Å². The highest BCUT2D eigenvalue weighted by molar-refractivity contribution is 7.99. The molecular formula is C9H14N2O2S. The minimum absolute atomic E-state index is 0.240. The van der Waals surface area contributed by atoms with Crippen LogP contribution in [-0.4, -0.2) is 25.9 Å². The summed E-state index contributed by atoms with van der Waals surface area (Å²) in [6.45, 7) is 4.21. The van der Waals surface area contributed by atoms with Crippen molar-refractivity contribution >= 4 is 17.7 Å². The van der Waals surface area contributed by atoms with Crippen molar-refractivity contribution in [3.63, 3.8) is 0 Å². The number of rotatable bonds is 4. The molecule has 1 aromatic heterocycles. The summed E-state index contributed by atoms with van der Waals surface area (Å²) in [5, 5.41) is 9.32. The molecule has 0 aromatic carbocycles. The molecule has 1 aromatic rings. The van der Waals surface area contributed by atoms with Crippen LogP contribution in [0.4, 0.5) is 0 Å². The minimum atomic E-state index is -0.930. The summed E-state index contributed by atoms with van der Waals surface area (Å²) in [5.74, 6) is 0.628. The number of aromatic nitrogens is 2. The van der Waals surface area contributed by atoms with Gasteiger partial charge in [0.2, 0.25) is 0 Å². The number of hydrogen-bond acceptors (Lipinski definition) is 3. The third-order valence-electron chi connectivity index (χ3n) is 1.85. The van der Waals surface area contributed by atoms with E-state index in [-0.39, 0.29) is 5.69 Å². The molecule has 4 nitrogen and oxygen atoms in total. The number of nitrogens with zero attached hydrogens (tertiary/aromatic N) is 2. The van der Waals surface area contributed by atoms with Crippen molar-refractivity contribution in [2.24, 2.45) is 7.05 Å². The Morgan fingerprint density at radius 2 is 2.36 bits per heavy atom. The highest BCUT2D eigenvalue weighted by Gasteiger charge is 2.12. The Morgan fingerprint density at radius 1 is 1.71 bits per heavy atom. The average Bonchev–Trinajstić information content (AvgIpc) is 2.43. The SMILES string of the molecule is CC(C)SCc1ncc(C(=O)O)n1C. The van der Waals surface area contributed by atoms with Crippen LogP contribution in [0.3, 0.4) is 0 Å². The number of hydrogen-bond donors (Lipinski definition) is 1. The zero-order chi connectivity index (χ0) is 10.7. The molecule has 5 heteroatoms. The van der Waals surface area contributed by atoms with Crippen molar-refractivity contribution in [1.29, 1.82) is 0 Å². The van der Waals surface area contributed by atoms with Gasteiger partial charge >= 0.3 is 5.97 Å². The fourth-order valence-corrected chi connectivity index (χ4v) is 1.77. The van der Waals surface area contributed by atoms with Crippen LogP contribution in [-0.2, 0) is 12.8 Å². The van der Waals surface area contributed by atoms with E-state index < -0.39 is 5.97 Å². The normalized spacial score (nSPS) is 10.9. The predicted molar refractivity (Wildman–Crippen MR) is 56.6 cm³/mol. The molecule has 0 fully saturated rings. The van der Waals surface area contributed by atoms with Crippen LogP contribution in [0.2, 0.25) is 0 Å². The molecule has 1 N–H and O–H groups in total. The molecule has 0 saturated heterocycles. The zero-order valence-electron chi connectivity index (χ0n) is 8.52. The Hall–Kier alpha value is -0.970. The minimum Gasteiger partial charge on any atom is -0.477 e. The van der Waals surface area contributed by atoms with E-state index in [0.29, 0.717) is 5.25 Å². The van der Waals surface area contributed by atoms with Crippen molar-refractivity contribution in [2.45, 2.75) is 24.9 Å². The monoisotopic (exact) mass is 214 g/mol. The third kappa shape index (κ3) is 2.51. The molecule has 14 heavy (non-hydrogen) atoms. The van der Waals surface area contributed by atoms with Gasteiger partial charge in [0.1, 0.15) is 11.5 Å². The molecule has 0 aliphatic heterocycles. The van der Waals surface area contributed by atoms with Crippen LogP contribution in [0.15, 0.2) is 6.20 Å². The second kappa shape index (κ2) is 4.50. The van der Waals surface area contributed by atoms with Gasteiger partial charge in [0.15, 0.2) is 0 Å². The molecule has 0 saturated carbocycles. The Labute approximate surface area is 87.3 Å². The van der Waals surface area contributed by atoms with E-state index in [4.69, 9.17) is 5.11 Å².